The van der Waals surface area contributed by atoms with Gasteiger partial charge in [0.25, 0.3) is 0 Å². The van der Waals surface area contributed by atoms with Crippen LogP contribution in [0.25, 0.3) is 16.8 Å². The van der Waals surface area contributed by atoms with Crippen molar-refractivity contribution in [3.8, 4) is 23.0 Å². The van der Waals surface area contributed by atoms with Crippen LogP contribution in [0.3, 0.4) is 0 Å². The molecule has 0 spiro atoms. The van der Waals surface area contributed by atoms with E-state index in [1.54, 1.807) is 49.4 Å². The molecule has 8 nitrogen and oxygen atoms in total. The van der Waals surface area contributed by atoms with Gasteiger partial charge in [-0.3, -0.25) is 0 Å². The van der Waals surface area contributed by atoms with Crippen LogP contribution in [-0.2, 0) is 19.2 Å². The molecular weight excluding hydrogens is 500 g/mol. The average Bonchev–Trinajstić information content (AvgIpc) is 2.88. The van der Waals surface area contributed by atoms with Gasteiger partial charge in [-0.2, -0.15) is 0 Å². The van der Waals surface area contributed by atoms with Crippen molar-refractivity contribution in [2.45, 2.75) is 20.8 Å². The normalized spacial score (nSPS) is 10.5. The molecular formula is C31H26O8. The number of hydrogen-bond acceptors (Lipinski definition) is 8. The first-order valence-corrected chi connectivity index (χ1v) is 11.6. The van der Waals surface area contributed by atoms with Gasteiger partial charge in [0, 0.05) is 22.8 Å². The number of esters is 4. The topological polar surface area (TPSA) is 105 Å². The fourth-order valence-corrected chi connectivity index (χ4v) is 3.00. The second kappa shape index (κ2) is 12.3. The van der Waals surface area contributed by atoms with Gasteiger partial charge >= 0.3 is 23.9 Å². The summed E-state index contributed by atoms with van der Waals surface area (Å²) in [5, 5.41) is 1.55. The van der Waals surface area contributed by atoms with Gasteiger partial charge in [-0.05, 0) is 79.6 Å². The highest BCUT2D eigenvalue weighted by molar-refractivity contribution is 5.93. The van der Waals surface area contributed by atoms with E-state index in [1.165, 1.54) is 38.1 Å². The van der Waals surface area contributed by atoms with Crippen LogP contribution in [0.2, 0.25) is 0 Å². The monoisotopic (exact) mass is 526 g/mol. The molecule has 0 unspecified atom stereocenters. The molecule has 3 aromatic rings. The lowest BCUT2D eigenvalue weighted by Gasteiger charge is -2.11. The predicted octanol–water partition coefficient (Wildman–Crippen LogP) is 5.90. The van der Waals surface area contributed by atoms with Crippen molar-refractivity contribution in [2.24, 2.45) is 0 Å². The van der Waals surface area contributed by atoms with E-state index in [9.17, 15) is 19.2 Å². The van der Waals surface area contributed by atoms with E-state index in [0.29, 0.717) is 17.1 Å². The zero-order valence-electron chi connectivity index (χ0n) is 21.7. The molecule has 0 atom stereocenters. The Bertz CT molecular complexity index is 1560. The van der Waals surface area contributed by atoms with Crippen molar-refractivity contribution in [1.82, 2.24) is 0 Å². The van der Waals surface area contributed by atoms with Crippen molar-refractivity contribution < 1.29 is 38.1 Å². The molecule has 0 N–H and O–H groups in total. The summed E-state index contributed by atoms with van der Waals surface area (Å²) in [7, 11) is 0. The Labute approximate surface area is 225 Å². The zero-order valence-corrected chi connectivity index (χ0v) is 21.7. The number of fused-ring (bicyclic) bond motifs is 1. The molecule has 0 aliphatic rings. The zero-order chi connectivity index (χ0) is 28.7. The molecule has 0 amide bonds. The van der Waals surface area contributed by atoms with Crippen LogP contribution in [0, 0.1) is 0 Å². The first-order valence-electron chi connectivity index (χ1n) is 11.6. The van der Waals surface area contributed by atoms with Crippen LogP contribution in [0.15, 0.2) is 97.1 Å². The van der Waals surface area contributed by atoms with E-state index >= 15 is 0 Å². The molecule has 3 aromatic carbocycles. The van der Waals surface area contributed by atoms with E-state index in [2.05, 4.69) is 19.7 Å². The lowest BCUT2D eigenvalue weighted by atomic mass is 10.1. The van der Waals surface area contributed by atoms with E-state index in [1.807, 2.05) is 0 Å². The standard InChI is InChI=1S/C31H26O8/c1-18(2)29(33)37-25-12-10-22-16-24(11-9-23(22)17-25)36-28(32)14-8-21-7-13-26(38-30(34)19(3)4)27(15-21)39-31(35)20(5)6/h7-17H,1,3,5H2,2,4,6H3/b14-8+. The Balaban J connectivity index is 1.74. The predicted molar refractivity (Wildman–Crippen MR) is 146 cm³/mol. The maximum atomic E-state index is 12.4. The fourth-order valence-electron chi connectivity index (χ4n) is 3.00. The molecule has 8 heteroatoms. The quantitative estimate of drug-likeness (QED) is 0.193. The lowest BCUT2D eigenvalue weighted by molar-refractivity contribution is -0.132. The van der Waals surface area contributed by atoms with Gasteiger partial charge in [-0.15, -0.1) is 0 Å². The van der Waals surface area contributed by atoms with Crippen LogP contribution < -0.4 is 18.9 Å². The van der Waals surface area contributed by atoms with Crippen LogP contribution >= 0.6 is 0 Å². The summed E-state index contributed by atoms with van der Waals surface area (Å²) < 4.78 is 21.2. The van der Waals surface area contributed by atoms with Gasteiger partial charge < -0.3 is 18.9 Å². The van der Waals surface area contributed by atoms with Gasteiger partial charge in [0.15, 0.2) is 11.5 Å². The third kappa shape index (κ3) is 7.87. The molecule has 0 saturated heterocycles. The SMILES string of the molecule is C=C(C)C(=O)Oc1ccc2cc(OC(=O)/C=C/c3ccc(OC(=O)C(=C)C)c(OC(=O)C(=C)C)c3)ccc2c1. The lowest BCUT2D eigenvalue weighted by Crippen LogP contribution is -2.12. The second-order valence-corrected chi connectivity index (χ2v) is 8.64. The number of carbonyl (C=O) groups is 4. The molecule has 3 rings (SSSR count). The van der Waals surface area contributed by atoms with E-state index in [0.717, 1.165) is 10.8 Å². The number of benzene rings is 3. The van der Waals surface area contributed by atoms with Crippen molar-refractivity contribution in [1.29, 1.82) is 0 Å². The molecule has 0 aromatic heterocycles. The van der Waals surface area contributed by atoms with Crippen molar-refractivity contribution in [3.05, 3.63) is 103 Å². The van der Waals surface area contributed by atoms with Gasteiger partial charge in [-0.1, -0.05) is 37.9 Å². The molecule has 0 aliphatic carbocycles. The summed E-state index contributed by atoms with van der Waals surface area (Å²) in [6.07, 6.45) is 2.65. The van der Waals surface area contributed by atoms with E-state index in [-0.39, 0.29) is 28.2 Å². The van der Waals surface area contributed by atoms with Gasteiger partial charge in [0.05, 0.1) is 0 Å². The number of ether oxygens (including phenoxy) is 4. The maximum Gasteiger partial charge on any atom is 0.338 e. The third-order valence-corrected chi connectivity index (χ3v) is 5.04. The average molecular weight is 527 g/mol. The number of carbonyl (C=O) groups excluding carboxylic acids is 4. The number of hydrogen-bond donors (Lipinski definition) is 0. The fraction of sp³-hybridized carbons (Fsp3) is 0.0968. The minimum Gasteiger partial charge on any atom is -0.423 e. The molecule has 0 aliphatic heterocycles. The Morgan fingerprint density at radius 1 is 0.590 bits per heavy atom. The highest BCUT2D eigenvalue weighted by atomic mass is 16.6. The Morgan fingerprint density at radius 2 is 1.08 bits per heavy atom. The van der Waals surface area contributed by atoms with Crippen LogP contribution in [-0.4, -0.2) is 23.9 Å². The molecule has 0 heterocycles. The summed E-state index contributed by atoms with van der Waals surface area (Å²) in [4.78, 5) is 48.2. The minimum atomic E-state index is -0.708. The van der Waals surface area contributed by atoms with Crippen LogP contribution in [0.1, 0.15) is 26.3 Å². The van der Waals surface area contributed by atoms with Crippen LogP contribution in [0.5, 0.6) is 23.0 Å². The first-order chi connectivity index (χ1) is 18.4. The van der Waals surface area contributed by atoms with Gasteiger partial charge in [0.2, 0.25) is 0 Å². The summed E-state index contributed by atoms with van der Waals surface area (Å²) in [6.45, 7) is 15.1. The molecule has 198 valence electrons. The van der Waals surface area contributed by atoms with E-state index in [4.69, 9.17) is 18.9 Å². The molecule has 0 fully saturated rings. The van der Waals surface area contributed by atoms with Crippen molar-refractivity contribution >= 4 is 40.7 Å². The third-order valence-electron chi connectivity index (χ3n) is 5.04. The number of rotatable bonds is 9. The van der Waals surface area contributed by atoms with Crippen molar-refractivity contribution in [2.75, 3.05) is 0 Å². The van der Waals surface area contributed by atoms with E-state index < -0.39 is 23.9 Å². The molecule has 0 saturated carbocycles. The first kappa shape index (κ1) is 28.3. The second-order valence-electron chi connectivity index (χ2n) is 8.64. The molecule has 0 radical (unpaired) electrons. The Morgan fingerprint density at radius 3 is 1.62 bits per heavy atom. The molecule has 0 bridgehead atoms. The summed E-state index contributed by atoms with van der Waals surface area (Å²) in [5.74, 6) is -1.91. The maximum absolute atomic E-state index is 12.4. The highest BCUT2D eigenvalue weighted by Crippen LogP contribution is 2.30. The minimum absolute atomic E-state index is 0.00559. The van der Waals surface area contributed by atoms with Crippen molar-refractivity contribution in [3.63, 3.8) is 0 Å². The smallest absolute Gasteiger partial charge is 0.338 e. The highest BCUT2D eigenvalue weighted by Gasteiger charge is 2.15. The summed E-state index contributed by atoms with van der Waals surface area (Å²) >= 11 is 0. The van der Waals surface area contributed by atoms with Crippen LogP contribution in [0.4, 0.5) is 0 Å². The summed E-state index contributed by atoms with van der Waals surface area (Å²) in [6, 6.07) is 14.5. The van der Waals surface area contributed by atoms with Gasteiger partial charge in [0.1, 0.15) is 11.5 Å². The Hall–Kier alpha value is -5.24. The largest absolute Gasteiger partial charge is 0.423 e. The molecule has 39 heavy (non-hydrogen) atoms. The van der Waals surface area contributed by atoms with Gasteiger partial charge in [-0.25, -0.2) is 19.2 Å². The summed E-state index contributed by atoms with van der Waals surface area (Å²) in [5.41, 5.74) is 1.08. The Kier molecular flexibility index (Phi) is 8.96.